The molecule has 8 heteroatoms. The van der Waals surface area contributed by atoms with Crippen molar-refractivity contribution in [2.24, 2.45) is 5.92 Å². The van der Waals surface area contributed by atoms with Crippen LogP contribution in [0.1, 0.15) is 48.7 Å². The summed E-state index contributed by atoms with van der Waals surface area (Å²) in [5.41, 5.74) is 3.32. The van der Waals surface area contributed by atoms with Gasteiger partial charge in [0.1, 0.15) is 5.00 Å². The van der Waals surface area contributed by atoms with Crippen LogP contribution >= 0.6 is 11.3 Å². The molecule has 0 unspecified atom stereocenters. The molecule has 2 N–H and O–H groups in total. The molecule has 188 valence electrons. The third-order valence-corrected chi connectivity index (χ3v) is 7.68. The zero-order valence-corrected chi connectivity index (χ0v) is 22.1. The monoisotopic (exact) mass is 496 g/mol. The number of rotatable bonds is 9. The number of thiophene rings is 1. The average molecular weight is 497 g/mol. The Kier molecular flexibility index (Phi) is 8.03. The number of aromatic nitrogens is 1. The molecule has 0 saturated carbocycles. The zero-order chi connectivity index (χ0) is 24.9. The molecule has 0 saturated heterocycles. The lowest BCUT2D eigenvalue weighted by Gasteiger charge is -2.26. The van der Waals surface area contributed by atoms with Gasteiger partial charge in [0.05, 0.1) is 20.3 Å². The van der Waals surface area contributed by atoms with Crippen LogP contribution in [-0.2, 0) is 13.0 Å². The predicted octanol–water partition coefficient (Wildman–Crippen LogP) is 5.84. The van der Waals surface area contributed by atoms with E-state index in [1.165, 1.54) is 21.0 Å². The Bertz CT molecular complexity index is 1140. The molecule has 0 aliphatic carbocycles. The number of likely N-dealkylation sites (N-methyl/N-ethyl adjacent to an activating group) is 1. The second-order valence-corrected chi connectivity index (χ2v) is 10.6. The number of hydrogen-bond acceptors (Lipinski definition) is 5. The number of amides is 2. The number of nitrogens with one attached hydrogen (secondary N) is 2. The molecule has 35 heavy (non-hydrogen) atoms. The number of ether oxygens (including phenoxy) is 2. The van der Waals surface area contributed by atoms with Gasteiger partial charge in [-0.1, -0.05) is 13.8 Å². The Hall–Kier alpha value is -2.97. The highest BCUT2D eigenvalue weighted by atomic mass is 32.1. The van der Waals surface area contributed by atoms with Gasteiger partial charge in [0.25, 0.3) is 0 Å². The summed E-state index contributed by atoms with van der Waals surface area (Å²) >= 11 is 1.85. The molecule has 2 amide bonds. The van der Waals surface area contributed by atoms with E-state index >= 15 is 0 Å². The third kappa shape index (κ3) is 5.82. The van der Waals surface area contributed by atoms with E-state index in [4.69, 9.17) is 9.47 Å². The minimum atomic E-state index is -0.225. The number of anilines is 1. The molecule has 0 bridgehead atoms. The summed E-state index contributed by atoms with van der Waals surface area (Å²) in [5, 5.41) is 7.51. The second-order valence-electron chi connectivity index (χ2n) is 9.49. The lowest BCUT2D eigenvalue weighted by molar-refractivity contribution is 0.247. The zero-order valence-electron chi connectivity index (χ0n) is 21.3. The minimum absolute atomic E-state index is 0.0849. The molecule has 1 aliphatic rings. The van der Waals surface area contributed by atoms with Crippen molar-refractivity contribution in [3.8, 4) is 16.5 Å². The molecular formula is C27H36N4O3S. The molecule has 2 aromatic heterocycles. The van der Waals surface area contributed by atoms with Crippen molar-refractivity contribution in [1.29, 1.82) is 0 Å². The highest BCUT2D eigenvalue weighted by molar-refractivity contribution is 7.15. The number of benzene rings is 1. The van der Waals surface area contributed by atoms with Gasteiger partial charge in [-0.25, -0.2) is 4.79 Å². The van der Waals surface area contributed by atoms with Crippen LogP contribution in [0.2, 0.25) is 0 Å². The van der Waals surface area contributed by atoms with E-state index in [-0.39, 0.29) is 12.1 Å². The van der Waals surface area contributed by atoms with Crippen LogP contribution in [-0.4, -0.2) is 43.3 Å². The first-order valence-electron chi connectivity index (χ1n) is 12.2. The van der Waals surface area contributed by atoms with E-state index in [1.807, 2.05) is 17.4 Å². The highest BCUT2D eigenvalue weighted by Gasteiger charge is 2.29. The van der Waals surface area contributed by atoms with Crippen LogP contribution < -0.4 is 20.1 Å². The van der Waals surface area contributed by atoms with Gasteiger partial charge in [0.15, 0.2) is 11.5 Å². The number of carbonyl (C=O) groups excluding carboxylic acids is 1. The Labute approximate surface area is 212 Å². The van der Waals surface area contributed by atoms with Gasteiger partial charge in [0.2, 0.25) is 0 Å². The van der Waals surface area contributed by atoms with E-state index in [2.05, 4.69) is 65.5 Å². The standard InChI is InChI=1S/C27H36N4O3S/c1-18(2)8-10-21(29-27(32)28-19-9-11-22(33-4)23(16-19)34-5)25-20-12-15-30(3)17-24(20)35-26(25)31-13-6-7-14-31/h6-7,9,11,13-14,16,18,21H,8,10,12,15,17H2,1-5H3,(H2,28,29,32)/t21-/m0/s1. The van der Waals surface area contributed by atoms with Crippen LogP contribution in [0.25, 0.3) is 5.00 Å². The smallest absolute Gasteiger partial charge is 0.319 e. The topological polar surface area (TPSA) is 67.8 Å². The Balaban J connectivity index is 1.64. The first-order valence-corrected chi connectivity index (χ1v) is 13.0. The fourth-order valence-electron chi connectivity index (χ4n) is 4.59. The molecule has 0 spiro atoms. The molecule has 3 aromatic rings. The molecule has 1 aromatic carbocycles. The maximum atomic E-state index is 13.2. The van der Waals surface area contributed by atoms with Crippen molar-refractivity contribution in [2.75, 3.05) is 33.1 Å². The van der Waals surface area contributed by atoms with E-state index < -0.39 is 0 Å². The first-order chi connectivity index (χ1) is 16.9. The summed E-state index contributed by atoms with van der Waals surface area (Å²) in [5.74, 6) is 1.75. The first kappa shape index (κ1) is 25.1. The largest absolute Gasteiger partial charge is 0.493 e. The van der Waals surface area contributed by atoms with Gasteiger partial charge in [-0.15, -0.1) is 11.3 Å². The SMILES string of the molecule is COc1ccc(NC(=O)N[C@@H](CCC(C)C)c2c(-n3cccc3)sc3c2CCN(C)C3)cc1OC. The minimum Gasteiger partial charge on any atom is -0.493 e. The van der Waals surface area contributed by atoms with Crippen molar-refractivity contribution >= 4 is 23.1 Å². The normalized spacial score (nSPS) is 14.5. The van der Waals surface area contributed by atoms with Crippen molar-refractivity contribution in [2.45, 2.75) is 45.7 Å². The van der Waals surface area contributed by atoms with Gasteiger partial charge < -0.3 is 29.6 Å². The number of hydrogen-bond donors (Lipinski definition) is 2. The van der Waals surface area contributed by atoms with Crippen LogP contribution in [0, 0.1) is 5.92 Å². The quantitative estimate of drug-likeness (QED) is 0.390. The van der Waals surface area contributed by atoms with Gasteiger partial charge in [-0.3, -0.25) is 0 Å². The molecule has 1 aliphatic heterocycles. The maximum absolute atomic E-state index is 13.2. The lowest BCUT2D eigenvalue weighted by Crippen LogP contribution is -2.34. The fraction of sp³-hybridized carbons (Fsp3) is 0.444. The Morgan fingerprint density at radius 3 is 2.54 bits per heavy atom. The number of nitrogens with zero attached hydrogens (tertiary/aromatic N) is 2. The van der Waals surface area contributed by atoms with E-state index in [9.17, 15) is 4.79 Å². The summed E-state index contributed by atoms with van der Waals surface area (Å²) in [4.78, 5) is 17.0. The van der Waals surface area contributed by atoms with Crippen LogP contribution in [0.4, 0.5) is 10.5 Å². The summed E-state index contributed by atoms with van der Waals surface area (Å²) in [6.07, 6.45) is 7.08. The molecular weight excluding hydrogens is 460 g/mol. The highest BCUT2D eigenvalue weighted by Crippen LogP contribution is 2.41. The third-order valence-electron chi connectivity index (χ3n) is 6.44. The van der Waals surface area contributed by atoms with E-state index in [0.29, 0.717) is 23.1 Å². The van der Waals surface area contributed by atoms with Crippen LogP contribution in [0.3, 0.4) is 0 Å². The second kappa shape index (κ2) is 11.2. The summed E-state index contributed by atoms with van der Waals surface area (Å²) in [6.45, 7) is 6.43. The average Bonchev–Trinajstić information content (AvgIpc) is 3.49. The molecule has 1 atom stereocenters. The Morgan fingerprint density at radius 1 is 1.11 bits per heavy atom. The molecule has 0 radical (unpaired) electrons. The van der Waals surface area contributed by atoms with E-state index in [1.54, 1.807) is 26.4 Å². The van der Waals surface area contributed by atoms with Crippen molar-refractivity contribution in [3.63, 3.8) is 0 Å². The van der Waals surface area contributed by atoms with Gasteiger partial charge in [-0.05, 0) is 62.1 Å². The summed E-state index contributed by atoms with van der Waals surface area (Å²) in [7, 11) is 5.35. The molecule has 3 heterocycles. The van der Waals surface area contributed by atoms with Crippen molar-refractivity contribution < 1.29 is 14.3 Å². The van der Waals surface area contributed by atoms with Gasteiger partial charge >= 0.3 is 6.03 Å². The number of urea groups is 1. The van der Waals surface area contributed by atoms with Crippen LogP contribution in [0.5, 0.6) is 11.5 Å². The van der Waals surface area contributed by atoms with Crippen molar-refractivity contribution in [1.82, 2.24) is 14.8 Å². The van der Waals surface area contributed by atoms with Crippen molar-refractivity contribution in [3.05, 3.63) is 58.7 Å². The summed E-state index contributed by atoms with van der Waals surface area (Å²) in [6, 6.07) is 9.17. The number of methoxy groups -OCH3 is 2. The lowest BCUT2D eigenvalue weighted by atomic mass is 9.92. The van der Waals surface area contributed by atoms with Crippen LogP contribution in [0.15, 0.2) is 42.7 Å². The molecule has 4 rings (SSSR count). The van der Waals surface area contributed by atoms with Gasteiger partial charge in [-0.2, -0.15) is 0 Å². The molecule has 0 fully saturated rings. The molecule has 7 nitrogen and oxygen atoms in total. The van der Waals surface area contributed by atoms with Gasteiger partial charge in [0, 0.05) is 47.7 Å². The number of carbonyl (C=O) groups is 1. The Morgan fingerprint density at radius 2 is 1.86 bits per heavy atom. The van der Waals surface area contributed by atoms with E-state index in [0.717, 1.165) is 32.4 Å². The number of fused-ring (bicyclic) bond motifs is 1. The fourth-order valence-corrected chi connectivity index (χ4v) is 6.05. The predicted molar refractivity (Wildman–Crippen MR) is 142 cm³/mol. The summed E-state index contributed by atoms with van der Waals surface area (Å²) < 4.78 is 12.9. The maximum Gasteiger partial charge on any atom is 0.319 e.